The zero-order valence-corrected chi connectivity index (χ0v) is 17.1. The normalized spacial score (nSPS) is 27.8. The van der Waals surface area contributed by atoms with Gasteiger partial charge in [-0.3, -0.25) is 4.79 Å². The third kappa shape index (κ3) is 2.81. The molecule has 1 spiro atoms. The number of amides is 1. The molecule has 156 valence electrons. The van der Waals surface area contributed by atoms with E-state index in [0.717, 1.165) is 12.8 Å². The second-order valence-corrected chi connectivity index (χ2v) is 8.89. The van der Waals surface area contributed by atoms with Crippen molar-refractivity contribution in [1.82, 2.24) is 24.8 Å². The van der Waals surface area contributed by atoms with Gasteiger partial charge in [-0.05, 0) is 42.4 Å². The molecule has 4 unspecified atom stereocenters. The van der Waals surface area contributed by atoms with Crippen molar-refractivity contribution in [3.8, 4) is 11.4 Å². The maximum atomic E-state index is 14.8. The third-order valence-electron chi connectivity index (χ3n) is 6.83. The topological polar surface area (TPSA) is 83.9 Å². The Hall–Kier alpha value is -3.13. The first-order valence-corrected chi connectivity index (χ1v) is 10.6. The Morgan fingerprint density at radius 1 is 1.13 bits per heavy atom. The molecule has 0 bridgehead atoms. The molecule has 3 fully saturated rings. The van der Waals surface area contributed by atoms with Crippen LogP contribution in [0.25, 0.3) is 11.4 Å². The van der Waals surface area contributed by atoms with Gasteiger partial charge in [0.2, 0.25) is 5.95 Å². The van der Waals surface area contributed by atoms with Crippen LogP contribution >= 0.6 is 11.6 Å². The number of rotatable bonds is 4. The standard InChI is InChI=1S/C22H18ClFN6O/c23-13-9-27-21(28-10-13)29-16-8-22-7-12(22)11-30(18(16)22)20(31)14-3-1-4-15(24)17(14)19-25-5-2-6-26-19/h1-6,9-10,12,16,18H,7-8,11H2,(H,27,28,29). The number of piperidine rings is 1. The number of hydrogen-bond donors (Lipinski definition) is 1. The van der Waals surface area contributed by atoms with E-state index in [1.54, 1.807) is 43.0 Å². The first-order valence-electron chi connectivity index (χ1n) is 10.2. The molecule has 9 heteroatoms. The molecule has 2 saturated carbocycles. The Morgan fingerprint density at radius 2 is 1.90 bits per heavy atom. The van der Waals surface area contributed by atoms with Crippen LogP contribution in [0.4, 0.5) is 10.3 Å². The summed E-state index contributed by atoms with van der Waals surface area (Å²) < 4.78 is 14.8. The van der Waals surface area contributed by atoms with Crippen molar-refractivity contribution in [1.29, 1.82) is 0 Å². The molecule has 0 radical (unpaired) electrons. The van der Waals surface area contributed by atoms with Gasteiger partial charge in [-0.1, -0.05) is 17.7 Å². The van der Waals surface area contributed by atoms with Crippen LogP contribution in [0.15, 0.2) is 49.1 Å². The molecule has 3 aromatic rings. The van der Waals surface area contributed by atoms with Gasteiger partial charge in [-0.2, -0.15) is 0 Å². The summed E-state index contributed by atoms with van der Waals surface area (Å²) in [7, 11) is 0. The Bertz CT molecular complexity index is 1180. The van der Waals surface area contributed by atoms with Gasteiger partial charge in [0.15, 0.2) is 5.82 Å². The monoisotopic (exact) mass is 436 g/mol. The molecule has 6 rings (SSSR count). The lowest BCUT2D eigenvalue weighted by Crippen LogP contribution is -2.60. The first kappa shape index (κ1) is 18.6. The second-order valence-electron chi connectivity index (χ2n) is 8.45. The van der Waals surface area contributed by atoms with E-state index in [2.05, 4.69) is 25.3 Å². The Labute approximate surface area is 182 Å². The Balaban J connectivity index is 1.31. The molecular formula is C22H18ClFN6O. The lowest BCUT2D eigenvalue weighted by Gasteiger charge is -2.48. The number of hydrogen-bond acceptors (Lipinski definition) is 6. The number of carbonyl (C=O) groups is 1. The van der Waals surface area contributed by atoms with E-state index in [1.165, 1.54) is 6.07 Å². The number of likely N-dealkylation sites (tertiary alicyclic amines) is 1. The van der Waals surface area contributed by atoms with E-state index in [4.69, 9.17) is 11.6 Å². The van der Waals surface area contributed by atoms with Crippen LogP contribution < -0.4 is 5.32 Å². The van der Waals surface area contributed by atoms with Crippen molar-refractivity contribution in [2.45, 2.75) is 24.9 Å². The largest absolute Gasteiger partial charge is 0.349 e. The van der Waals surface area contributed by atoms with Crippen LogP contribution in [0.3, 0.4) is 0 Å². The van der Waals surface area contributed by atoms with Crippen LogP contribution in [0.1, 0.15) is 23.2 Å². The number of carbonyl (C=O) groups excluding carboxylic acids is 1. The van der Waals surface area contributed by atoms with Gasteiger partial charge in [0.05, 0.1) is 40.6 Å². The molecule has 3 aliphatic rings. The second kappa shape index (κ2) is 6.68. The van der Waals surface area contributed by atoms with Gasteiger partial charge in [-0.15, -0.1) is 0 Å². The minimum atomic E-state index is -0.506. The molecule has 3 heterocycles. The van der Waals surface area contributed by atoms with E-state index in [-0.39, 0.29) is 40.4 Å². The molecular weight excluding hydrogens is 419 g/mol. The van der Waals surface area contributed by atoms with E-state index in [0.29, 0.717) is 23.4 Å². The number of nitrogens with one attached hydrogen (secondary N) is 1. The summed E-state index contributed by atoms with van der Waals surface area (Å²) in [4.78, 5) is 32.3. The van der Waals surface area contributed by atoms with E-state index in [9.17, 15) is 9.18 Å². The lowest BCUT2D eigenvalue weighted by atomic mass is 9.71. The van der Waals surface area contributed by atoms with Crippen LogP contribution in [0.2, 0.25) is 5.02 Å². The number of benzene rings is 1. The summed E-state index contributed by atoms with van der Waals surface area (Å²) in [6, 6.07) is 6.26. The fourth-order valence-electron chi connectivity index (χ4n) is 5.42. The van der Waals surface area contributed by atoms with Crippen molar-refractivity contribution in [3.63, 3.8) is 0 Å². The number of anilines is 1. The summed E-state index contributed by atoms with van der Waals surface area (Å²) >= 11 is 5.88. The molecule has 7 nitrogen and oxygen atoms in total. The maximum Gasteiger partial charge on any atom is 0.255 e. The van der Waals surface area contributed by atoms with Crippen LogP contribution in [0.5, 0.6) is 0 Å². The van der Waals surface area contributed by atoms with Gasteiger partial charge in [0.25, 0.3) is 5.91 Å². The zero-order valence-electron chi connectivity index (χ0n) is 16.4. The first-order chi connectivity index (χ1) is 15.1. The smallest absolute Gasteiger partial charge is 0.255 e. The minimum Gasteiger partial charge on any atom is -0.349 e. The van der Waals surface area contributed by atoms with E-state index < -0.39 is 5.82 Å². The van der Waals surface area contributed by atoms with E-state index >= 15 is 0 Å². The van der Waals surface area contributed by atoms with Crippen LogP contribution in [-0.2, 0) is 0 Å². The molecule has 1 aliphatic heterocycles. The predicted molar refractivity (Wildman–Crippen MR) is 112 cm³/mol. The van der Waals surface area contributed by atoms with Crippen LogP contribution in [-0.4, -0.2) is 49.4 Å². The average Bonchev–Trinajstić information content (AvgIpc) is 3.43. The van der Waals surface area contributed by atoms with Gasteiger partial charge < -0.3 is 10.2 Å². The number of halogens is 2. The Morgan fingerprint density at radius 3 is 2.68 bits per heavy atom. The molecule has 1 aromatic carbocycles. The summed E-state index contributed by atoms with van der Waals surface area (Å²) in [6.45, 7) is 0.675. The van der Waals surface area contributed by atoms with Gasteiger partial charge in [0, 0.05) is 18.9 Å². The number of aromatic nitrogens is 4. The highest BCUT2D eigenvalue weighted by Crippen LogP contribution is 2.71. The molecule has 31 heavy (non-hydrogen) atoms. The molecule has 2 aromatic heterocycles. The zero-order chi connectivity index (χ0) is 21.2. The third-order valence-corrected chi connectivity index (χ3v) is 7.03. The highest BCUT2D eigenvalue weighted by atomic mass is 35.5. The predicted octanol–water partition coefficient (Wildman–Crippen LogP) is 3.44. The van der Waals surface area contributed by atoms with Crippen molar-refractivity contribution in [2.24, 2.45) is 11.3 Å². The van der Waals surface area contributed by atoms with Crippen molar-refractivity contribution in [3.05, 3.63) is 65.5 Å². The van der Waals surface area contributed by atoms with Crippen LogP contribution in [0, 0.1) is 17.2 Å². The van der Waals surface area contributed by atoms with Crippen molar-refractivity contribution >= 4 is 23.5 Å². The van der Waals surface area contributed by atoms with Gasteiger partial charge in [0.1, 0.15) is 5.82 Å². The molecule has 2 aliphatic carbocycles. The van der Waals surface area contributed by atoms with Crippen molar-refractivity contribution in [2.75, 3.05) is 11.9 Å². The minimum absolute atomic E-state index is 0.0251. The number of nitrogens with zero attached hydrogens (tertiary/aromatic N) is 5. The summed E-state index contributed by atoms with van der Waals surface area (Å²) in [5.74, 6) is 0.498. The lowest BCUT2D eigenvalue weighted by molar-refractivity contribution is 0.0471. The highest BCUT2D eigenvalue weighted by molar-refractivity contribution is 6.30. The molecule has 1 amide bonds. The van der Waals surface area contributed by atoms with Crippen molar-refractivity contribution < 1.29 is 9.18 Å². The fraction of sp³-hybridized carbons (Fsp3) is 0.318. The summed E-state index contributed by atoms with van der Waals surface area (Å²) in [6.07, 6.45) is 8.26. The Kier molecular flexibility index (Phi) is 4.02. The molecule has 1 N–H and O–H groups in total. The van der Waals surface area contributed by atoms with E-state index in [1.807, 2.05) is 4.90 Å². The SMILES string of the molecule is O=C(c1cccc(F)c1-c1ncccn1)N1CC2CC23CC(Nc2ncc(Cl)cn2)C13. The summed E-state index contributed by atoms with van der Waals surface area (Å²) in [5, 5.41) is 3.82. The quantitative estimate of drug-likeness (QED) is 0.674. The highest BCUT2D eigenvalue weighted by Gasteiger charge is 2.75. The fourth-order valence-corrected chi connectivity index (χ4v) is 5.52. The maximum absolute atomic E-state index is 14.8. The average molecular weight is 437 g/mol. The van der Waals surface area contributed by atoms with Gasteiger partial charge in [-0.25, -0.2) is 24.3 Å². The molecule has 1 saturated heterocycles. The van der Waals surface area contributed by atoms with Gasteiger partial charge >= 0.3 is 0 Å². The summed E-state index contributed by atoms with van der Waals surface area (Å²) in [5.41, 5.74) is 0.597. The molecule has 4 atom stereocenters.